The molecule has 6 aromatic rings. The summed E-state index contributed by atoms with van der Waals surface area (Å²) in [6.45, 7) is 3.01. The van der Waals surface area contributed by atoms with Crippen LogP contribution < -0.4 is 10.6 Å². The first-order valence-electron chi connectivity index (χ1n) is 20.0. The van der Waals surface area contributed by atoms with Gasteiger partial charge in [0.25, 0.3) is 0 Å². The number of carbonyl (C=O) groups is 2. The van der Waals surface area contributed by atoms with Crippen LogP contribution in [0.1, 0.15) is 62.7 Å². The fraction of sp³-hybridized carbons (Fsp3) is 0.381. The van der Waals surface area contributed by atoms with Crippen LogP contribution in [0.5, 0.6) is 0 Å². The summed E-state index contributed by atoms with van der Waals surface area (Å²) < 4.78 is 0. The van der Waals surface area contributed by atoms with Crippen molar-refractivity contribution in [1.82, 2.24) is 39.7 Å². The topological polar surface area (TPSA) is 187 Å². The number of rotatable bonds is 7. The molecule has 3 atom stereocenters. The van der Waals surface area contributed by atoms with E-state index >= 15 is 0 Å². The number of aliphatic carboxylic acids is 1. The molecule has 11 rings (SSSR count). The molecule has 1 saturated heterocycles. The van der Waals surface area contributed by atoms with Crippen molar-refractivity contribution in [2.75, 3.05) is 37.8 Å². The maximum atomic E-state index is 13.2. The molecule has 0 saturated carbocycles. The summed E-state index contributed by atoms with van der Waals surface area (Å²) in [5.41, 5.74) is 8.30. The molecule has 0 spiro atoms. The zero-order chi connectivity index (χ0) is 40.2. The minimum absolute atomic E-state index is 0.0658. The number of aliphatic imine (C=N–C) groups is 2. The second-order valence-electron chi connectivity index (χ2n) is 15.9. The minimum Gasteiger partial charge on any atom is -0.481 e. The van der Waals surface area contributed by atoms with Crippen molar-refractivity contribution < 1.29 is 14.7 Å². The van der Waals surface area contributed by atoms with Gasteiger partial charge >= 0.3 is 5.97 Å². The highest BCUT2D eigenvalue weighted by Gasteiger charge is 2.35. The third-order valence-electron chi connectivity index (χ3n) is 12.1. The molecule has 0 unspecified atom stereocenters. The van der Waals surface area contributed by atoms with Crippen LogP contribution in [-0.2, 0) is 48.4 Å². The smallest absolute Gasteiger partial charge is 0.306 e. The van der Waals surface area contributed by atoms with Gasteiger partial charge in [-0.25, -0.2) is 19.9 Å². The first-order chi connectivity index (χ1) is 28.8. The maximum Gasteiger partial charge on any atom is 0.306 e. The highest BCUT2D eigenvalue weighted by atomic mass is 32.1. The standard InChI is InChI=1S/C24H27N7OS.C18H15N5O2S/c1-30(2)17-5-6-31(12-17)24(32)14-3-4-18-20(8-14)33-23-21(18)22(27-13-28-23)29-16-7-15-9-25-11-19(15)26-10-16;24-18(25)9-1-2-12-14(4-9)26-17-15(12)16(21-8-22-17)23-11-3-10-5-19-7-13(10)20-6-11/h7,9-10,13-14,17H,3-6,8,11-12H2,1-2H3,(H,27,28,29);3,5-6,8-9H,1-2,4,7H2,(H,24,25)(H,21,22,23)/t14-,17+;9-/m00/s1. The fourth-order valence-electron chi connectivity index (χ4n) is 8.83. The molecule has 5 aliphatic rings. The molecule has 0 radical (unpaired) electrons. The Morgan fingerprint density at radius 1 is 0.746 bits per heavy atom. The number of anilines is 4. The molecule has 300 valence electrons. The fourth-order valence-corrected chi connectivity index (χ4v) is 11.4. The van der Waals surface area contributed by atoms with Gasteiger partial charge in [0.05, 0.1) is 64.9 Å². The van der Waals surface area contributed by atoms with Crippen LogP contribution in [-0.4, -0.2) is 102 Å². The number of likely N-dealkylation sites (tertiary alicyclic amines) is 1. The first-order valence-corrected chi connectivity index (χ1v) is 21.6. The van der Waals surface area contributed by atoms with Crippen LogP contribution in [0.2, 0.25) is 0 Å². The summed E-state index contributed by atoms with van der Waals surface area (Å²) in [4.78, 5) is 68.6. The number of pyridine rings is 2. The Kier molecular flexibility index (Phi) is 9.81. The number of nitrogens with one attached hydrogen (secondary N) is 2. The van der Waals surface area contributed by atoms with Crippen molar-refractivity contribution in [3.8, 4) is 0 Å². The number of aromatic nitrogens is 6. The van der Waals surface area contributed by atoms with Gasteiger partial charge in [-0.2, -0.15) is 0 Å². The Hall–Kier alpha value is -5.78. The minimum atomic E-state index is -0.719. The predicted octanol–water partition coefficient (Wildman–Crippen LogP) is 5.98. The van der Waals surface area contributed by atoms with Crippen molar-refractivity contribution in [3.63, 3.8) is 0 Å². The van der Waals surface area contributed by atoms with Crippen LogP contribution in [0, 0.1) is 11.8 Å². The number of aryl methyl sites for hydroxylation is 2. The molecule has 0 aromatic carbocycles. The van der Waals surface area contributed by atoms with E-state index in [1.165, 1.54) is 16.0 Å². The first kappa shape index (κ1) is 37.5. The Morgan fingerprint density at radius 2 is 1.29 bits per heavy atom. The van der Waals surface area contributed by atoms with E-state index in [0.717, 1.165) is 116 Å². The number of carboxylic acid groups (broad SMARTS) is 1. The monoisotopic (exact) mass is 826 g/mol. The molecule has 1 amide bonds. The summed E-state index contributed by atoms with van der Waals surface area (Å²) in [7, 11) is 4.20. The summed E-state index contributed by atoms with van der Waals surface area (Å²) in [5.74, 6) is 0.919. The highest BCUT2D eigenvalue weighted by Crippen LogP contribution is 2.42. The summed E-state index contributed by atoms with van der Waals surface area (Å²) in [6, 6.07) is 4.56. The molecule has 0 bridgehead atoms. The van der Waals surface area contributed by atoms with Gasteiger partial charge < -0.3 is 25.5 Å². The van der Waals surface area contributed by atoms with Gasteiger partial charge in [-0.15, -0.1) is 22.7 Å². The number of likely N-dealkylation sites (N-methyl/N-ethyl adjacent to an activating group) is 1. The lowest BCUT2D eigenvalue weighted by Crippen LogP contribution is -2.39. The Bertz CT molecular complexity index is 2710. The van der Waals surface area contributed by atoms with E-state index in [4.69, 9.17) is 0 Å². The summed E-state index contributed by atoms with van der Waals surface area (Å²) in [5, 5.41) is 18.2. The van der Waals surface area contributed by atoms with Crippen LogP contribution in [0.3, 0.4) is 0 Å². The normalized spacial score (nSPS) is 20.0. The van der Waals surface area contributed by atoms with Crippen molar-refractivity contribution in [3.05, 3.63) is 80.6 Å². The van der Waals surface area contributed by atoms with E-state index in [1.54, 1.807) is 41.5 Å². The van der Waals surface area contributed by atoms with Crippen molar-refractivity contribution in [1.29, 1.82) is 0 Å². The summed E-state index contributed by atoms with van der Waals surface area (Å²) >= 11 is 3.28. The molecule has 3 N–H and O–H groups in total. The Labute approximate surface area is 347 Å². The van der Waals surface area contributed by atoms with Crippen LogP contribution in [0.15, 0.2) is 47.2 Å². The number of amides is 1. The van der Waals surface area contributed by atoms with E-state index in [0.29, 0.717) is 37.9 Å². The molecule has 1 fully saturated rings. The van der Waals surface area contributed by atoms with E-state index in [1.807, 2.05) is 24.7 Å². The molecule has 6 aromatic heterocycles. The highest BCUT2D eigenvalue weighted by molar-refractivity contribution is 7.19. The van der Waals surface area contributed by atoms with E-state index in [2.05, 4.69) is 80.5 Å². The zero-order valence-corrected chi connectivity index (χ0v) is 34.3. The number of hydrogen-bond acceptors (Lipinski definition) is 15. The van der Waals surface area contributed by atoms with Crippen molar-refractivity contribution in [2.45, 2.75) is 64.1 Å². The van der Waals surface area contributed by atoms with Crippen LogP contribution in [0.4, 0.5) is 23.0 Å². The third-order valence-corrected chi connectivity index (χ3v) is 14.4. The second kappa shape index (κ2) is 15.4. The largest absolute Gasteiger partial charge is 0.481 e. The SMILES string of the molecule is CN(C)[C@@H]1CCN(C(=O)[C@H]2CCc3c(sc4ncnc(Nc5cnc6c(c5)C=NC6)c34)C2)C1.O=C(O)[C@H]1CCc2c(sc3ncnc(Nc4cnc5c(c4)C=NC5)c23)C1. The molecule has 15 nitrogen and oxygen atoms in total. The van der Waals surface area contributed by atoms with Gasteiger partial charge in [0.2, 0.25) is 5.91 Å². The number of thiophene rings is 2. The number of nitrogens with zero attached hydrogens (tertiary/aromatic N) is 10. The third kappa shape index (κ3) is 7.20. The molecule has 9 heterocycles. The van der Waals surface area contributed by atoms with E-state index < -0.39 is 5.97 Å². The molecular formula is C42H42N12O3S2. The quantitative estimate of drug-likeness (QED) is 0.171. The van der Waals surface area contributed by atoms with Crippen molar-refractivity contribution >= 4 is 90.4 Å². The average molecular weight is 827 g/mol. The number of fused-ring (bicyclic) bond motifs is 8. The molecule has 59 heavy (non-hydrogen) atoms. The van der Waals surface area contributed by atoms with Gasteiger partial charge in [-0.1, -0.05) is 0 Å². The lowest BCUT2D eigenvalue weighted by atomic mass is 9.87. The van der Waals surface area contributed by atoms with Gasteiger partial charge in [0.1, 0.15) is 34.0 Å². The Balaban J connectivity index is 0.000000147. The second-order valence-corrected chi connectivity index (χ2v) is 18.1. The molecular weight excluding hydrogens is 785 g/mol. The van der Waals surface area contributed by atoms with Gasteiger partial charge in [0, 0.05) is 58.4 Å². The number of carboxylic acids is 1. The number of carbonyl (C=O) groups excluding carboxylic acids is 1. The molecule has 17 heteroatoms. The Morgan fingerprint density at radius 3 is 1.81 bits per heavy atom. The maximum absolute atomic E-state index is 13.2. The van der Waals surface area contributed by atoms with Crippen LogP contribution >= 0.6 is 22.7 Å². The van der Waals surface area contributed by atoms with Crippen molar-refractivity contribution in [2.24, 2.45) is 21.8 Å². The predicted molar refractivity (Wildman–Crippen MR) is 230 cm³/mol. The molecule has 3 aliphatic heterocycles. The number of hydrogen-bond donors (Lipinski definition) is 3. The molecule has 2 aliphatic carbocycles. The van der Waals surface area contributed by atoms with Gasteiger partial charge in [-0.05, 0) is 82.3 Å². The summed E-state index contributed by atoms with van der Waals surface area (Å²) in [6.07, 6.45) is 16.1. The van der Waals surface area contributed by atoms with Gasteiger partial charge in [-0.3, -0.25) is 29.5 Å². The average Bonchev–Trinajstić information content (AvgIpc) is 4.09. The van der Waals surface area contributed by atoms with Crippen LogP contribution in [0.25, 0.3) is 20.4 Å². The van der Waals surface area contributed by atoms with Gasteiger partial charge in [0.15, 0.2) is 0 Å². The van der Waals surface area contributed by atoms with E-state index in [-0.39, 0.29) is 11.8 Å². The zero-order valence-electron chi connectivity index (χ0n) is 32.7. The van der Waals surface area contributed by atoms with E-state index in [9.17, 15) is 14.7 Å². The lowest BCUT2D eigenvalue weighted by molar-refractivity contribution is -0.142. The lowest BCUT2D eigenvalue weighted by Gasteiger charge is -2.27.